The Labute approximate surface area is 260 Å². The van der Waals surface area contributed by atoms with Crippen LogP contribution in [0.25, 0.3) is 110 Å². The zero-order valence-electron chi connectivity index (χ0n) is 24.3. The quantitative estimate of drug-likeness (QED) is 0.201. The van der Waals surface area contributed by atoms with Crippen LogP contribution in [0.4, 0.5) is 0 Å². The van der Waals surface area contributed by atoms with Crippen molar-refractivity contribution in [2.75, 3.05) is 0 Å². The molecule has 0 fully saturated rings. The lowest BCUT2D eigenvalue weighted by Gasteiger charge is -2.07. The largest absolute Gasteiger partial charge is 0.456 e. The fourth-order valence-corrected chi connectivity index (χ4v) is 7.30. The minimum atomic E-state index is 0.788. The molecule has 4 nitrogen and oxygen atoms in total. The Kier molecular flexibility index (Phi) is 4.55. The summed E-state index contributed by atoms with van der Waals surface area (Å²) in [6, 6.07) is 46.3. The van der Waals surface area contributed by atoms with Crippen LogP contribution in [-0.4, -0.2) is 0 Å². The van der Waals surface area contributed by atoms with Gasteiger partial charge in [0, 0.05) is 37.7 Å². The first-order valence-electron chi connectivity index (χ1n) is 15.4. The second-order valence-corrected chi connectivity index (χ2v) is 12.0. The first-order valence-corrected chi connectivity index (χ1v) is 15.4. The fourth-order valence-electron chi connectivity index (χ4n) is 7.30. The highest BCUT2D eigenvalue weighted by Gasteiger charge is 2.18. The predicted octanol–water partition coefficient (Wildman–Crippen LogP) is 12.6. The van der Waals surface area contributed by atoms with Crippen LogP contribution in [0.1, 0.15) is 0 Å². The van der Waals surface area contributed by atoms with Crippen molar-refractivity contribution >= 4 is 87.8 Å². The molecular weight excluding hydrogens is 568 g/mol. The van der Waals surface area contributed by atoms with E-state index in [1.54, 1.807) is 0 Å². The number of para-hydroxylation sites is 2. The molecule has 0 saturated heterocycles. The Balaban J connectivity index is 1.04. The zero-order valence-corrected chi connectivity index (χ0v) is 24.3. The number of hydrogen-bond donors (Lipinski definition) is 0. The molecule has 4 heteroatoms. The van der Waals surface area contributed by atoms with E-state index in [1.807, 2.05) is 36.4 Å². The lowest BCUT2D eigenvalue weighted by molar-refractivity contribution is 0.633. The number of rotatable bonds is 2. The fraction of sp³-hybridized carbons (Fsp3) is 0. The van der Waals surface area contributed by atoms with Gasteiger partial charge in [-0.25, -0.2) is 0 Å². The first-order chi connectivity index (χ1) is 22.8. The van der Waals surface area contributed by atoms with Gasteiger partial charge in [-0.05, 0) is 89.0 Å². The Morgan fingerprint density at radius 2 is 0.739 bits per heavy atom. The molecule has 0 saturated carbocycles. The molecule has 214 valence electrons. The third-order valence-electron chi connectivity index (χ3n) is 9.49. The summed E-state index contributed by atoms with van der Waals surface area (Å²) in [6.45, 7) is 0. The van der Waals surface area contributed by atoms with E-state index in [4.69, 9.17) is 17.7 Å². The van der Waals surface area contributed by atoms with Gasteiger partial charge in [-0.15, -0.1) is 0 Å². The van der Waals surface area contributed by atoms with Crippen molar-refractivity contribution < 1.29 is 17.7 Å². The first kappa shape index (κ1) is 24.1. The summed E-state index contributed by atoms with van der Waals surface area (Å²) in [5.74, 6) is 0. The standard InChI is InChI=1S/C42H22O4/c1-3-10-34-27(8-1)28-14-15-30-33-22-26(13-18-37(33)46-42(30)41(28)45-34)24-7-5-6-23(20-24)25-12-17-36-32(21-25)29-16-19-38-39(40(29)44-36)31-9-2-4-11-35(31)43-38/h1-22H. The molecule has 0 aliphatic carbocycles. The van der Waals surface area contributed by atoms with Crippen LogP contribution in [0, 0.1) is 0 Å². The number of hydrogen-bond acceptors (Lipinski definition) is 4. The summed E-state index contributed by atoms with van der Waals surface area (Å²) >= 11 is 0. The molecule has 0 spiro atoms. The maximum absolute atomic E-state index is 6.45. The molecule has 4 aromatic heterocycles. The van der Waals surface area contributed by atoms with E-state index in [2.05, 4.69) is 97.1 Å². The molecule has 0 atom stereocenters. The number of benzene rings is 7. The van der Waals surface area contributed by atoms with Crippen molar-refractivity contribution in [3.8, 4) is 22.3 Å². The molecule has 46 heavy (non-hydrogen) atoms. The Morgan fingerprint density at radius 3 is 1.43 bits per heavy atom. The van der Waals surface area contributed by atoms with Crippen LogP contribution >= 0.6 is 0 Å². The molecule has 7 aromatic carbocycles. The lowest BCUT2D eigenvalue weighted by atomic mass is 9.97. The van der Waals surface area contributed by atoms with Crippen LogP contribution in [-0.2, 0) is 0 Å². The van der Waals surface area contributed by atoms with Crippen LogP contribution in [0.15, 0.2) is 151 Å². The van der Waals surface area contributed by atoms with E-state index in [1.165, 1.54) is 0 Å². The third kappa shape index (κ3) is 3.22. The van der Waals surface area contributed by atoms with Crippen LogP contribution in [0.3, 0.4) is 0 Å². The zero-order chi connectivity index (χ0) is 29.9. The molecule has 11 rings (SSSR count). The van der Waals surface area contributed by atoms with Crippen LogP contribution < -0.4 is 0 Å². The van der Waals surface area contributed by atoms with E-state index in [0.29, 0.717) is 0 Å². The van der Waals surface area contributed by atoms with Crippen molar-refractivity contribution in [1.29, 1.82) is 0 Å². The van der Waals surface area contributed by atoms with Crippen LogP contribution in [0.2, 0.25) is 0 Å². The molecule has 0 bridgehead atoms. The van der Waals surface area contributed by atoms with Crippen molar-refractivity contribution in [3.05, 3.63) is 133 Å². The summed E-state index contributed by atoms with van der Waals surface area (Å²) in [5, 5.41) is 8.56. The minimum Gasteiger partial charge on any atom is -0.456 e. The van der Waals surface area contributed by atoms with Gasteiger partial charge in [0.1, 0.15) is 33.5 Å². The second kappa shape index (κ2) is 8.68. The number of fused-ring (bicyclic) bond motifs is 14. The summed E-state index contributed by atoms with van der Waals surface area (Å²) in [4.78, 5) is 0. The van der Waals surface area contributed by atoms with E-state index in [-0.39, 0.29) is 0 Å². The summed E-state index contributed by atoms with van der Waals surface area (Å²) in [6.07, 6.45) is 0. The molecule has 0 aliphatic rings. The molecule has 4 heterocycles. The molecule has 0 amide bonds. The molecule has 0 radical (unpaired) electrons. The van der Waals surface area contributed by atoms with Gasteiger partial charge in [0.15, 0.2) is 11.2 Å². The van der Waals surface area contributed by atoms with Crippen molar-refractivity contribution in [2.45, 2.75) is 0 Å². The van der Waals surface area contributed by atoms with E-state index >= 15 is 0 Å². The summed E-state index contributed by atoms with van der Waals surface area (Å²) in [7, 11) is 0. The molecule has 11 aromatic rings. The highest BCUT2D eigenvalue weighted by molar-refractivity contribution is 6.22. The average molecular weight is 591 g/mol. The molecule has 0 aliphatic heterocycles. The van der Waals surface area contributed by atoms with Crippen molar-refractivity contribution in [3.63, 3.8) is 0 Å². The highest BCUT2D eigenvalue weighted by atomic mass is 16.4. The molecular formula is C42H22O4. The lowest BCUT2D eigenvalue weighted by Crippen LogP contribution is -1.82. The summed E-state index contributed by atoms with van der Waals surface area (Å²) in [5.41, 5.74) is 11.3. The summed E-state index contributed by atoms with van der Waals surface area (Å²) < 4.78 is 25.2. The van der Waals surface area contributed by atoms with Gasteiger partial charge >= 0.3 is 0 Å². The smallest absolute Gasteiger partial charge is 0.178 e. The average Bonchev–Trinajstić information content (AvgIpc) is 3.87. The second-order valence-electron chi connectivity index (χ2n) is 12.0. The van der Waals surface area contributed by atoms with E-state index in [9.17, 15) is 0 Å². The Morgan fingerprint density at radius 1 is 0.261 bits per heavy atom. The van der Waals surface area contributed by atoms with Gasteiger partial charge in [0.05, 0.1) is 5.39 Å². The van der Waals surface area contributed by atoms with E-state index < -0.39 is 0 Å². The van der Waals surface area contributed by atoms with Crippen molar-refractivity contribution in [2.24, 2.45) is 0 Å². The number of furan rings is 4. The minimum absolute atomic E-state index is 0.788. The highest BCUT2D eigenvalue weighted by Crippen LogP contribution is 2.42. The SMILES string of the molecule is c1cc(-c2ccc3oc4c(ccc5c6ccccc6oc54)c3c2)cc(-c2ccc3oc4c(ccc5oc6ccccc6c54)c3c2)c1. The third-order valence-corrected chi connectivity index (χ3v) is 9.49. The van der Waals surface area contributed by atoms with Gasteiger partial charge in [0.2, 0.25) is 0 Å². The van der Waals surface area contributed by atoms with Gasteiger partial charge in [0.25, 0.3) is 0 Å². The van der Waals surface area contributed by atoms with Crippen LogP contribution in [0.5, 0.6) is 0 Å². The topological polar surface area (TPSA) is 52.6 Å². The monoisotopic (exact) mass is 590 g/mol. The van der Waals surface area contributed by atoms with Gasteiger partial charge in [-0.3, -0.25) is 0 Å². The Hall–Kier alpha value is -6.26. The maximum atomic E-state index is 6.45. The van der Waals surface area contributed by atoms with Gasteiger partial charge in [-0.2, -0.15) is 0 Å². The maximum Gasteiger partial charge on any atom is 0.178 e. The van der Waals surface area contributed by atoms with Crippen molar-refractivity contribution in [1.82, 2.24) is 0 Å². The molecule has 0 N–H and O–H groups in total. The normalized spacial score (nSPS) is 12.3. The van der Waals surface area contributed by atoms with Gasteiger partial charge < -0.3 is 17.7 Å². The molecule has 0 unspecified atom stereocenters. The van der Waals surface area contributed by atoms with E-state index in [0.717, 1.165) is 110 Å². The van der Waals surface area contributed by atoms with Gasteiger partial charge in [-0.1, -0.05) is 66.7 Å². The predicted molar refractivity (Wildman–Crippen MR) is 186 cm³/mol. The Bertz CT molecular complexity index is 3030.